The second-order valence-electron chi connectivity index (χ2n) is 8.10. The molecule has 4 atom stereocenters. The summed E-state index contributed by atoms with van der Waals surface area (Å²) < 4.78 is 30.1. The minimum atomic E-state index is -3.38. The molecule has 0 spiro atoms. The van der Waals surface area contributed by atoms with Crippen LogP contribution >= 0.6 is 0 Å². The van der Waals surface area contributed by atoms with Gasteiger partial charge in [0.2, 0.25) is 10.0 Å². The SMILES string of the molecule is Cn1cc(S(=O)(=O)N2CC3C4CCC(C4)C32)c(C2CCCC2)n1. The molecule has 4 unspecified atom stereocenters. The molecule has 0 amide bonds. The quantitative estimate of drug-likeness (QED) is 0.853. The number of aromatic nitrogens is 2. The van der Waals surface area contributed by atoms with Gasteiger partial charge in [-0.15, -0.1) is 0 Å². The van der Waals surface area contributed by atoms with E-state index in [1.54, 1.807) is 10.9 Å². The molecule has 0 aromatic carbocycles. The van der Waals surface area contributed by atoms with Crippen LogP contribution in [0.1, 0.15) is 56.6 Å². The monoisotopic (exact) mass is 335 g/mol. The Kier molecular flexibility index (Phi) is 3.03. The molecule has 2 heterocycles. The molecule has 4 fully saturated rings. The van der Waals surface area contributed by atoms with Crippen molar-refractivity contribution in [2.24, 2.45) is 24.8 Å². The molecule has 5 rings (SSSR count). The van der Waals surface area contributed by atoms with Gasteiger partial charge in [0, 0.05) is 31.7 Å². The maximum absolute atomic E-state index is 13.3. The van der Waals surface area contributed by atoms with Crippen molar-refractivity contribution >= 4 is 10.0 Å². The summed E-state index contributed by atoms with van der Waals surface area (Å²) >= 11 is 0. The van der Waals surface area contributed by atoms with E-state index in [0.29, 0.717) is 22.6 Å². The van der Waals surface area contributed by atoms with Gasteiger partial charge in [-0.3, -0.25) is 4.68 Å². The molecule has 5 nitrogen and oxygen atoms in total. The van der Waals surface area contributed by atoms with Crippen LogP contribution in [0.5, 0.6) is 0 Å². The number of fused-ring (bicyclic) bond motifs is 5. The zero-order chi connectivity index (χ0) is 15.8. The summed E-state index contributed by atoms with van der Waals surface area (Å²) in [6.07, 6.45) is 10.1. The maximum atomic E-state index is 13.3. The van der Waals surface area contributed by atoms with E-state index in [9.17, 15) is 8.42 Å². The van der Waals surface area contributed by atoms with Crippen molar-refractivity contribution < 1.29 is 8.42 Å². The molecule has 1 aliphatic heterocycles. The first-order valence-corrected chi connectivity index (χ1v) is 10.5. The number of hydrogen-bond acceptors (Lipinski definition) is 3. The van der Waals surface area contributed by atoms with Crippen molar-refractivity contribution in [2.75, 3.05) is 6.54 Å². The van der Waals surface area contributed by atoms with Gasteiger partial charge in [-0.2, -0.15) is 9.40 Å². The second kappa shape index (κ2) is 4.82. The minimum absolute atomic E-state index is 0.287. The molecule has 23 heavy (non-hydrogen) atoms. The lowest BCUT2D eigenvalue weighted by Crippen LogP contribution is -2.60. The molecule has 2 bridgehead atoms. The first kappa shape index (κ1) is 14.5. The van der Waals surface area contributed by atoms with Gasteiger partial charge in [0.15, 0.2) is 0 Å². The maximum Gasteiger partial charge on any atom is 0.246 e. The summed E-state index contributed by atoms with van der Waals surface area (Å²) in [7, 11) is -1.53. The van der Waals surface area contributed by atoms with Crippen LogP contribution in [0.15, 0.2) is 11.1 Å². The number of sulfonamides is 1. The van der Waals surface area contributed by atoms with Crippen LogP contribution in [-0.4, -0.2) is 35.1 Å². The molecule has 1 aromatic rings. The number of hydrogen-bond donors (Lipinski definition) is 0. The van der Waals surface area contributed by atoms with E-state index in [4.69, 9.17) is 0 Å². The van der Waals surface area contributed by atoms with Gasteiger partial charge in [-0.1, -0.05) is 12.8 Å². The smallest absolute Gasteiger partial charge is 0.246 e. The van der Waals surface area contributed by atoms with Gasteiger partial charge in [0.05, 0.1) is 5.69 Å². The van der Waals surface area contributed by atoms with Crippen molar-refractivity contribution in [3.63, 3.8) is 0 Å². The second-order valence-corrected chi connectivity index (χ2v) is 9.95. The molecular weight excluding hydrogens is 310 g/mol. The summed E-state index contributed by atoms with van der Waals surface area (Å²) in [4.78, 5) is 0.494. The summed E-state index contributed by atoms with van der Waals surface area (Å²) in [6.45, 7) is 0.743. The average Bonchev–Trinajstić information content (AvgIpc) is 3.18. The van der Waals surface area contributed by atoms with Crippen molar-refractivity contribution in [2.45, 2.75) is 61.8 Å². The Morgan fingerprint density at radius 1 is 1.13 bits per heavy atom. The zero-order valence-electron chi connectivity index (χ0n) is 13.7. The van der Waals surface area contributed by atoms with Gasteiger partial charge < -0.3 is 0 Å². The zero-order valence-corrected chi connectivity index (χ0v) is 14.5. The Labute approximate surface area is 138 Å². The highest BCUT2D eigenvalue weighted by molar-refractivity contribution is 7.89. The molecule has 6 heteroatoms. The highest BCUT2D eigenvalue weighted by Gasteiger charge is 2.60. The summed E-state index contributed by atoms with van der Waals surface area (Å²) in [6, 6.07) is 0.287. The van der Waals surface area contributed by atoms with Crippen LogP contribution in [0, 0.1) is 17.8 Å². The standard InChI is InChI=1S/C17H25N3O2S/c1-19-10-15(16(18-19)11-4-2-3-5-11)23(21,22)20-9-14-12-6-7-13(8-12)17(14)20/h10-14,17H,2-9H2,1H3. The van der Waals surface area contributed by atoms with E-state index in [1.165, 1.54) is 32.1 Å². The van der Waals surface area contributed by atoms with Crippen molar-refractivity contribution in [3.8, 4) is 0 Å². The van der Waals surface area contributed by atoms with E-state index < -0.39 is 10.0 Å². The third-order valence-corrected chi connectivity index (χ3v) is 8.80. The Morgan fingerprint density at radius 2 is 1.87 bits per heavy atom. The van der Waals surface area contributed by atoms with Crippen molar-refractivity contribution in [1.29, 1.82) is 0 Å². The Morgan fingerprint density at radius 3 is 2.61 bits per heavy atom. The van der Waals surface area contributed by atoms with Gasteiger partial charge in [0.25, 0.3) is 0 Å². The number of rotatable bonds is 3. The molecule has 3 aliphatic carbocycles. The Bertz CT molecular complexity index is 733. The van der Waals surface area contributed by atoms with Crippen LogP contribution in [0.4, 0.5) is 0 Å². The summed E-state index contributed by atoms with van der Waals surface area (Å²) in [5.74, 6) is 2.37. The Balaban J connectivity index is 1.49. The normalized spacial score (nSPS) is 37.3. The van der Waals surface area contributed by atoms with Gasteiger partial charge in [0.1, 0.15) is 4.90 Å². The van der Waals surface area contributed by atoms with Crippen LogP contribution in [0.2, 0.25) is 0 Å². The highest BCUT2D eigenvalue weighted by Crippen LogP contribution is 2.57. The van der Waals surface area contributed by atoms with Gasteiger partial charge in [-0.05, 0) is 49.9 Å². The van der Waals surface area contributed by atoms with Gasteiger partial charge >= 0.3 is 0 Å². The third-order valence-electron chi connectivity index (χ3n) is 6.91. The minimum Gasteiger partial charge on any atom is -0.274 e. The van der Waals surface area contributed by atoms with E-state index in [0.717, 1.165) is 31.0 Å². The highest BCUT2D eigenvalue weighted by atomic mass is 32.2. The number of aryl methyl sites for hydroxylation is 1. The molecule has 3 saturated carbocycles. The lowest BCUT2D eigenvalue weighted by Gasteiger charge is -2.49. The molecule has 0 N–H and O–H groups in total. The lowest BCUT2D eigenvalue weighted by atomic mass is 9.79. The fraction of sp³-hybridized carbons (Fsp3) is 0.824. The average molecular weight is 335 g/mol. The van der Waals surface area contributed by atoms with Gasteiger partial charge in [-0.25, -0.2) is 8.42 Å². The molecular formula is C17H25N3O2S. The number of nitrogens with zero attached hydrogens (tertiary/aromatic N) is 3. The van der Waals surface area contributed by atoms with E-state index in [1.807, 2.05) is 11.4 Å². The fourth-order valence-corrected chi connectivity index (χ4v) is 7.85. The van der Waals surface area contributed by atoms with Crippen LogP contribution in [-0.2, 0) is 17.1 Å². The summed E-state index contributed by atoms with van der Waals surface area (Å²) in [5, 5.41) is 4.54. The molecule has 0 radical (unpaired) electrons. The molecule has 1 aromatic heterocycles. The predicted octanol–water partition coefficient (Wildman–Crippen LogP) is 2.50. The third kappa shape index (κ3) is 1.94. The lowest BCUT2D eigenvalue weighted by molar-refractivity contribution is 0.0506. The molecule has 126 valence electrons. The molecule has 4 aliphatic rings. The molecule has 1 saturated heterocycles. The van der Waals surface area contributed by atoms with E-state index in [-0.39, 0.29) is 6.04 Å². The fourth-order valence-electron chi connectivity index (χ4n) is 5.83. The van der Waals surface area contributed by atoms with Crippen molar-refractivity contribution in [3.05, 3.63) is 11.9 Å². The predicted molar refractivity (Wildman–Crippen MR) is 86.4 cm³/mol. The Hall–Kier alpha value is -0.880. The topological polar surface area (TPSA) is 55.2 Å². The van der Waals surface area contributed by atoms with E-state index >= 15 is 0 Å². The van der Waals surface area contributed by atoms with Crippen LogP contribution in [0.25, 0.3) is 0 Å². The van der Waals surface area contributed by atoms with Crippen LogP contribution in [0.3, 0.4) is 0 Å². The largest absolute Gasteiger partial charge is 0.274 e. The van der Waals surface area contributed by atoms with Crippen LogP contribution < -0.4 is 0 Å². The van der Waals surface area contributed by atoms with Crippen molar-refractivity contribution in [1.82, 2.24) is 14.1 Å². The first-order chi connectivity index (χ1) is 11.1. The van der Waals surface area contributed by atoms with E-state index in [2.05, 4.69) is 5.10 Å². The first-order valence-electron chi connectivity index (χ1n) is 9.11. The summed E-state index contributed by atoms with van der Waals surface area (Å²) in [5.41, 5.74) is 0.830.